The highest BCUT2D eigenvalue weighted by Crippen LogP contribution is 2.55. The molecule has 4 aliphatic rings. The molecule has 2 aromatic rings. The molecule has 3 heterocycles. The molecule has 216 valence electrons. The molecule has 7 nitrogen and oxygen atoms in total. The fourth-order valence-corrected chi connectivity index (χ4v) is 7.56. The number of benzene rings is 2. The largest absolute Gasteiger partial charge is 0.359 e. The standard InChI is InChI=1S/C32H35Cl2N3O4/c1-18-5-3-8-24(19(18)2)36-30(39)28-32-15-13-25(41-32)26(29(38)35-23-7-4-6-22(34)17-23)27(32)31(40)37(28)16-14-20-9-11-21(33)12-10-20/h4,6-7,9-13,15,17-19,24-28H,3,5,8,14,16H2,1-2H3,(H,35,38)(H,36,39)/t18?,19?,24?,25-,26?,27-,28?,32?/m0/s1. The Labute approximate surface area is 250 Å². The first-order chi connectivity index (χ1) is 19.7. The Morgan fingerprint density at radius 3 is 2.59 bits per heavy atom. The lowest BCUT2D eigenvalue weighted by Crippen LogP contribution is -2.58. The van der Waals surface area contributed by atoms with Crippen molar-refractivity contribution < 1.29 is 19.1 Å². The molecular weight excluding hydrogens is 561 g/mol. The van der Waals surface area contributed by atoms with Gasteiger partial charge in [-0.2, -0.15) is 0 Å². The quantitative estimate of drug-likeness (QED) is 0.427. The molecular formula is C32H35Cl2N3O4. The van der Waals surface area contributed by atoms with Crippen molar-refractivity contribution in [2.24, 2.45) is 23.7 Å². The number of halogens is 2. The van der Waals surface area contributed by atoms with E-state index in [0.29, 0.717) is 40.5 Å². The molecule has 1 aliphatic carbocycles. The summed E-state index contributed by atoms with van der Waals surface area (Å²) in [6, 6.07) is 13.5. The molecule has 1 spiro atoms. The summed E-state index contributed by atoms with van der Waals surface area (Å²) in [6.07, 6.45) is 6.74. The highest BCUT2D eigenvalue weighted by atomic mass is 35.5. The Hall–Kier alpha value is -2.87. The summed E-state index contributed by atoms with van der Waals surface area (Å²) < 4.78 is 6.48. The van der Waals surface area contributed by atoms with Crippen molar-refractivity contribution in [3.05, 3.63) is 76.3 Å². The summed E-state index contributed by atoms with van der Waals surface area (Å²) in [4.78, 5) is 43.6. The van der Waals surface area contributed by atoms with Gasteiger partial charge in [-0.15, -0.1) is 0 Å². The number of hydrogen-bond acceptors (Lipinski definition) is 4. The lowest BCUT2D eigenvalue weighted by Gasteiger charge is -2.38. The number of hydrogen-bond donors (Lipinski definition) is 2. The zero-order chi connectivity index (χ0) is 28.9. The fraction of sp³-hybridized carbons (Fsp3) is 0.469. The summed E-state index contributed by atoms with van der Waals surface area (Å²) >= 11 is 12.2. The average Bonchev–Trinajstić information content (AvgIpc) is 3.58. The van der Waals surface area contributed by atoms with E-state index in [4.69, 9.17) is 27.9 Å². The van der Waals surface area contributed by atoms with Crippen LogP contribution in [0.5, 0.6) is 0 Å². The molecule has 9 heteroatoms. The lowest BCUT2D eigenvalue weighted by atomic mass is 9.73. The van der Waals surface area contributed by atoms with E-state index in [1.54, 1.807) is 29.2 Å². The van der Waals surface area contributed by atoms with Crippen LogP contribution < -0.4 is 10.6 Å². The first-order valence-electron chi connectivity index (χ1n) is 14.5. The molecule has 2 N–H and O–H groups in total. The third-order valence-electron chi connectivity index (χ3n) is 9.61. The monoisotopic (exact) mass is 595 g/mol. The van der Waals surface area contributed by atoms with Crippen LogP contribution in [-0.2, 0) is 25.5 Å². The second kappa shape index (κ2) is 11.1. The minimum absolute atomic E-state index is 0.0272. The maximum Gasteiger partial charge on any atom is 0.246 e. The van der Waals surface area contributed by atoms with Crippen molar-refractivity contribution in [1.29, 1.82) is 0 Å². The highest BCUT2D eigenvalue weighted by molar-refractivity contribution is 6.31. The molecule has 2 saturated heterocycles. The van der Waals surface area contributed by atoms with Gasteiger partial charge in [-0.05, 0) is 60.6 Å². The molecule has 6 unspecified atom stereocenters. The molecule has 8 atom stereocenters. The predicted octanol–water partition coefficient (Wildman–Crippen LogP) is 5.27. The Morgan fingerprint density at radius 2 is 1.83 bits per heavy atom. The second-order valence-electron chi connectivity index (χ2n) is 12.0. The minimum Gasteiger partial charge on any atom is -0.359 e. The minimum atomic E-state index is -1.20. The Bertz CT molecular complexity index is 1380. The summed E-state index contributed by atoms with van der Waals surface area (Å²) in [5.74, 6) is -1.52. The molecule has 41 heavy (non-hydrogen) atoms. The summed E-state index contributed by atoms with van der Waals surface area (Å²) in [6.45, 7) is 4.72. The molecule has 3 aliphatic heterocycles. The topological polar surface area (TPSA) is 87.7 Å². The van der Waals surface area contributed by atoms with Gasteiger partial charge in [-0.3, -0.25) is 14.4 Å². The number of carbonyl (C=O) groups excluding carboxylic acids is 3. The zero-order valence-electron chi connectivity index (χ0n) is 23.2. The number of amides is 3. The zero-order valence-corrected chi connectivity index (χ0v) is 24.7. The van der Waals surface area contributed by atoms with Gasteiger partial charge in [-0.1, -0.05) is 80.2 Å². The Morgan fingerprint density at radius 1 is 1.05 bits per heavy atom. The van der Waals surface area contributed by atoms with Crippen LogP contribution in [0.1, 0.15) is 38.7 Å². The van der Waals surface area contributed by atoms with Crippen molar-refractivity contribution in [2.75, 3.05) is 11.9 Å². The number of carbonyl (C=O) groups is 3. The van der Waals surface area contributed by atoms with Gasteiger partial charge >= 0.3 is 0 Å². The van der Waals surface area contributed by atoms with Gasteiger partial charge in [0.1, 0.15) is 11.6 Å². The smallest absolute Gasteiger partial charge is 0.246 e. The number of nitrogens with one attached hydrogen (secondary N) is 2. The van der Waals surface area contributed by atoms with E-state index in [2.05, 4.69) is 24.5 Å². The van der Waals surface area contributed by atoms with Crippen molar-refractivity contribution >= 4 is 46.6 Å². The molecule has 3 amide bonds. The first kappa shape index (κ1) is 28.3. The van der Waals surface area contributed by atoms with Gasteiger partial charge in [0.25, 0.3) is 0 Å². The van der Waals surface area contributed by atoms with Gasteiger partial charge in [-0.25, -0.2) is 0 Å². The number of likely N-dealkylation sites (tertiary alicyclic amines) is 1. The van der Waals surface area contributed by atoms with Crippen LogP contribution in [-0.4, -0.2) is 53.0 Å². The maximum atomic E-state index is 14.2. The molecule has 1 saturated carbocycles. The normalized spacial score (nSPS) is 33.6. The van der Waals surface area contributed by atoms with Crippen molar-refractivity contribution in [3.8, 4) is 0 Å². The van der Waals surface area contributed by atoms with Gasteiger partial charge in [0, 0.05) is 28.3 Å². The molecule has 3 fully saturated rings. The van der Waals surface area contributed by atoms with E-state index < -0.39 is 29.6 Å². The number of ether oxygens (including phenoxy) is 1. The van der Waals surface area contributed by atoms with Gasteiger partial charge in [0.15, 0.2) is 0 Å². The van der Waals surface area contributed by atoms with Crippen molar-refractivity contribution in [1.82, 2.24) is 10.2 Å². The van der Waals surface area contributed by atoms with Crippen LogP contribution in [0.2, 0.25) is 10.0 Å². The molecule has 2 bridgehead atoms. The molecule has 0 radical (unpaired) electrons. The van der Waals surface area contributed by atoms with E-state index in [-0.39, 0.29) is 23.8 Å². The van der Waals surface area contributed by atoms with Crippen LogP contribution in [0.15, 0.2) is 60.7 Å². The highest BCUT2D eigenvalue weighted by Gasteiger charge is 2.72. The lowest BCUT2D eigenvalue weighted by molar-refractivity contribution is -0.141. The van der Waals surface area contributed by atoms with E-state index in [0.717, 1.165) is 24.8 Å². The number of fused-ring (bicyclic) bond motifs is 1. The number of nitrogens with zero attached hydrogens (tertiary/aromatic N) is 1. The second-order valence-corrected chi connectivity index (χ2v) is 12.9. The molecule has 6 rings (SSSR count). The van der Waals surface area contributed by atoms with Crippen LogP contribution >= 0.6 is 23.2 Å². The SMILES string of the molecule is CC1CCCC(NC(=O)C2N(CCc3ccc(Cl)cc3)C(=O)[C@@H]3C(C(=O)Nc4cccc(Cl)c4)[C@@H]4C=CC23O4)C1C. The number of rotatable bonds is 7. The van der Waals surface area contributed by atoms with Gasteiger partial charge in [0.2, 0.25) is 17.7 Å². The van der Waals surface area contributed by atoms with Crippen LogP contribution in [0, 0.1) is 23.7 Å². The van der Waals surface area contributed by atoms with Crippen molar-refractivity contribution in [3.63, 3.8) is 0 Å². The third-order valence-corrected chi connectivity index (χ3v) is 10.1. The average molecular weight is 597 g/mol. The van der Waals surface area contributed by atoms with Crippen LogP contribution in [0.3, 0.4) is 0 Å². The summed E-state index contributed by atoms with van der Waals surface area (Å²) in [7, 11) is 0. The first-order valence-corrected chi connectivity index (χ1v) is 15.2. The van der Waals surface area contributed by atoms with E-state index >= 15 is 0 Å². The van der Waals surface area contributed by atoms with E-state index in [1.165, 1.54) is 0 Å². The van der Waals surface area contributed by atoms with Crippen LogP contribution in [0.4, 0.5) is 5.69 Å². The van der Waals surface area contributed by atoms with Gasteiger partial charge < -0.3 is 20.3 Å². The molecule has 0 aromatic heterocycles. The fourth-order valence-electron chi connectivity index (χ4n) is 7.25. The maximum absolute atomic E-state index is 14.2. The van der Waals surface area contributed by atoms with Crippen LogP contribution in [0.25, 0.3) is 0 Å². The third kappa shape index (κ3) is 5.06. The molecule has 2 aromatic carbocycles. The number of anilines is 1. The Kier molecular flexibility index (Phi) is 7.64. The predicted molar refractivity (Wildman–Crippen MR) is 159 cm³/mol. The van der Waals surface area contributed by atoms with E-state index in [9.17, 15) is 14.4 Å². The van der Waals surface area contributed by atoms with Gasteiger partial charge in [0.05, 0.1) is 17.9 Å². The summed E-state index contributed by atoms with van der Waals surface area (Å²) in [5, 5.41) is 7.35. The Balaban J connectivity index is 1.30. The summed E-state index contributed by atoms with van der Waals surface area (Å²) in [5.41, 5.74) is 0.343. The van der Waals surface area contributed by atoms with E-state index in [1.807, 2.05) is 36.4 Å². The van der Waals surface area contributed by atoms with Crippen molar-refractivity contribution in [2.45, 2.75) is 63.3 Å².